The molecular formula is C12H18N4O2S. The van der Waals surface area contributed by atoms with Gasteiger partial charge in [-0.1, -0.05) is 11.3 Å². The van der Waals surface area contributed by atoms with E-state index in [2.05, 4.69) is 15.1 Å². The number of anilines is 1. The lowest BCUT2D eigenvalue weighted by Crippen LogP contribution is -2.50. The highest BCUT2D eigenvalue weighted by Crippen LogP contribution is 2.22. The topological polar surface area (TPSA) is 58.6 Å². The van der Waals surface area contributed by atoms with Gasteiger partial charge in [0.2, 0.25) is 5.13 Å². The first-order valence-corrected chi connectivity index (χ1v) is 7.51. The maximum Gasteiger partial charge on any atom is 0.253 e. The van der Waals surface area contributed by atoms with Gasteiger partial charge in [-0.25, -0.2) is 0 Å². The molecule has 2 saturated heterocycles. The summed E-state index contributed by atoms with van der Waals surface area (Å²) >= 11 is 1.56. The Hall–Kier alpha value is -1.21. The van der Waals surface area contributed by atoms with Crippen LogP contribution in [-0.4, -0.2) is 59.9 Å². The average molecular weight is 282 g/mol. The summed E-state index contributed by atoms with van der Waals surface area (Å²) in [5.74, 6) is 0.128. The van der Waals surface area contributed by atoms with Crippen LogP contribution >= 0.6 is 11.3 Å². The number of carbonyl (C=O) groups is 1. The second kappa shape index (κ2) is 5.42. The van der Waals surface area contributed by atoms with Gasteiger partial charge in [0.1, 0.15) is 5.01 Å². The number of morpholine rings is 1. The molecule has 6 nitrogen and oxygen atoms in total. The maximum atomic E-state index is 12.3. The highest BCUT2D eigenvalue weighted by molar-refractivity contribution is 7.15. The summed E-state index contributed by atoms with van der Waals surface area (Å²) in [7, 11) is 0. The van der Waals surface area contributed by atoms with Crippen LogP contribution in [-0.2, 0) is 9.53 Å². The third kappa shape index (κ3) is 2.71. The first kappa shape index (κ1) is 12.8. The quantitative estimate of drug-likeness (QED) is 0.798. The molecule has 1 aromatic rings. The second-order valence-corrected chi connectivity index (χ2v) is 6.10. The molecule has 0 N–H and O–H groups in total. The van der Waals surface area contributed by atoms with Crippen molar-refractivity contribution >= 4 is 22.4 Å². The molecule has 0 saturated carbocycles. The van der Waals surface area contributed by atoms with Gasteiger partial charge in [-0.15, -0.1) is 10.2 Å². The third-order valence-corrected chi connectivity index (χ3v) is 4.44. The monoisotopic (exact) mass is 282 g/mol. The molecule has 1 aromatic heterocycles. The van der Waals surface area contributed by atoms with Gasteiger partial charge in [-0.2, -0.15) is 0 Å². The van der Waals surface area contributed by atoms with Crippen molar-refractivity contribution in [3.8, 4) is 0 Å². The third-order valence-electron chi connectivity index (χ3n) is 3.55. The van der Waals surface area contributed by atoms with Gasteiger partial charge in [-0.3, -0.25) is 4.79 Å². The Morgan fingerprint density at radius 2 is 2.11 bits per heavy atom. The number of hydrogen-bond donors (Lipinski definition) is 0. The highest BCUT2D eigenvalue weighted by Gasteiger charge is 2.32. The molecule has 19 heavy (non-hydrogen) atoms. The van der Waals surface area contributed by atoms with Gasteiger partial charge in [0, 0.05) is 19.6 Å². The molecular weight excluding hydrogens is 264 g/mol. The maximum absolute atomic E-state index is 12.3. The van der Waals surface area contributed by atoms with Crippen molar-refractivity contribution in [3.05, 3.63) is 5.01 Å². The molecule has 3 rings (SSSR count). The molecule has 0 spiro atoms. The summed E-state index contributed by atoms with van der Waals surface area (Å²) in [5.41, 5.74) is 0. The summed E-state index contributed by atoms with van der Waals surface area (Å²) in [5, 5.41) is 10.0. The van der Waals surface area contributed by atoms with Crippen molar-refractivity contribution in [2.24, 2.45) is 0 Å². The van der Waals surface area contributed by atoms with E-state index in [0.29, 0.717) is 13.2 Å². The van der Waals surface area contributed by atoms with Crippen molar-refractivity contribution < 1.29 is 9.53 Å². The van der Waals surface area contributed by atoms with Crippen molar-refractivity contribution in [2.45, 2.75) is 25.9 Å². The fourth-order valence-electron chi connectivity index (χ4n) is 2.53. The summed E-state index contributed by atoms with van der Waals surface area (Å²) in [4.78, 5) is 16.3. The van der Waals surface area contributed by atoms with E-state index in [0.717, 1.165) is 42.6 Å². The number of aromatic nitrogens is 2. The van der Waals surface area contributed by atoms with Crippen LogP contribution < -0.4 is 4.90 Å². The lowest BCUT2D eigenvalue weighted by Gasteiger charge is -2.33. The van der Waals surface area contributed by atoms with Crippen LogP contribution in [0.25, 0.3) is 0 Å². The fourth-order valence-corrected chi connectivity index (χ4v) is 3.25. The average Bonchev–Trinajstić information content (AvgIpc) is 3.09. The molecule has 0 radical (unpaired) electrons. The van der Waals surface area contributed by atoms with E-state index < -0.39 is 0 Å². The Morgan fingerprint density at radius 3 is 2.79 bits per heavy atom. The van der Waals surface area contributed by atoms with E-state index in [4.69, 9.17) is 4.74 Å². The van der Waals surface area contributed by atoms with Crippen molar-refractivity contribution in [1.82, 2.24) is 15.1 Å². The van der Waals surface area contributed by atoms with Gasteiger partial charge in [-0.05, 0) is 19.8 Å². The zero-order valence-electron chi connectivity index (χ0n) is 11.0. The lowest BCUT2D eigenvalue weighted by atomic mass is 10.2. The van der Waals surface area contributed by atoms with Crippen molar-refractivity contribution in [3.63, 3.8) is 0 Å². The minimum atomic E-state index is -0.351. The van der Waals surface area contributed by atoms with Crippen LogP contribution in [0.2, 0.25) is 0 Å². The molecule has 0 bridgehead atoms. The van der Waals surface area contributed by atoms with Gasteiger partial charge >= 0.3 is 0 Å². The molecule has 0 aliphatic carbocycles. The number of hydrogen-bond acceptors (Lipinski definition) is 6. The minimum absolute atomic E-state index is 0.128. The summed E-state index contributed by atoms with van der Waals surface area (Å²) < 4.78 is 5.63. The highest BCUT2D eigenvalue weighted by atomic mass is 32.1. The van der Waals surface area contributed by atoms with E-state index in [1.807, 2.05) is 11.8 Å². The van der Waals surface area contributed by atoms with Crippen LogP contribution in [0, 0.1) is 6.92 Å². The summed E-state index contributed by atoms with van der Waals surface area (Å²) in [6.45, 7) is 5.62. The Morgan fingerprint density at radius 1 is 1.32 bits per heavy atom. The predicted octanol–water partition coefficient (Wildman–Crippen LogP) is 0.674. The Bertz CT molecular complexity index is 458. The summed E-state index contributed by atoms with van der Waals surface area (Å²) in [6, 6.07) is 0. The van der Waals surface area contributed by atoms with Gasteiger partial charge < -0.3 is 14.5 Å². The van der Waals surface area contributed by atoms with Crippen LogP contribution in [0.3, 0.4) is 0 Å². The predicted molar refractivity (Wildman–Crippen MR) is 72.4 cm³/mol. The largest absolute Gasteiger partial charge is 0.365 e. The number of rotatable bonds is 2. The Balaban J connectivity index is 1.65. The SMILES string of the molecule is Cc1nnc(N2CCOC(C(=O)N3CCCC3)C2)s1. The number of ether oxygens (including phenoxy) is 1. The second-order valence-electron chi connectivity index (χ2n) is 4.94. The zero-order chi connectivity index (χ0) is 13.2. The molecule has 0 aromatic carbocycles. The molecule has 2 aliphatic heterocycles. The number of likely N-dealkylation sites (tertiary alicyclic amines) is 1. The molecule has 1 atom stereocenters. The van der Waals surface area contributed by atoms with Gasteiger partial charge in [0.25, 0.3) is 5.91 Å². The standard InChI is InChI=1S/C12H18N4O2S/c1-9-13-14-12(19-9)16-6-7-18-10(8-16)11(17)15-4-2-3-5-15/h10H,2-8H2,1H3. The lowest BCUT2D eigenvalue weighted by molar-refractivity contribution is -0.143. The van der Waals surface area contributed by atoms with Crippen LogP contribution in [0.4, 0.5) is 5.13 Å². The summed E-state index contributed by atoms with van der Waals surface area (Å²) in [6.07, 6.45) is 1.87. The minimum Gasteiger partial charge on any atom is -0.365 e. The van der Waals surface area contributed by atoms with Crippen LogP contribution in [0.15, 0.2) is 0 Å². The number of nitrogens with zero attached hydrogens (tertiary/aromatic N) is 4. The first-order valence-electron chi connectivity index (χ1n) is 6.69. The molecule has 7 heteroatoms. The smallest absolute Gasteiger partial charge is 0.253 e. The van der Waals surface area contributed by atoms with Crippen molar-refractivity contribution in [2.75, 3.05) is 37.7 Å². The van der Waals surface area contributed by atoms with E-state index >= 15 is 0 Å². The Labute approximate surface area is 116 Å². The molecule has 2 fully saturated rings. The van der Waals surface area contributed by atoms with Gasteiger partial charge in [0.05, 0.1) is 13.2 Å². The van der Waals surface area contributed by atoms with Crippen LogP contribution in [0.5, 0.6) is 0 Å². The van der Waals surface area contributed by atoms with E-state index in [-0.39, 0.29) is 12.0 Å². The van der Waals surface area contributed by atoms with Crippen molar-refractivity contribution in [1.29, 1.82) is 0 Å². The molecule has 1 unspecified atom stereocenters. The van der Waals surface area contributed by atoms with E-state index in [1.165, 1.54) is 0 Å². The molecule has 1 amide bonds. The number of carbonyl (C=O) groups excluding carboxylic acids is 1. The molecule has 104 valence electrons. The zero-order valence-corrected chi connectivity index (χ0v) is 11.9. The first-order chi connectivity index (χ1) is 9.24. The Kier molecular flexibility index (Phi) is 3.65. The van der Waals surface area contributed by atoms with E-state index in [1.54, 1.807) is 11.3 Å². The molecule has 3 heterocycles. The normalized spacial score (nSPS) is 23.9. The number of amides is 1. The molecule has 2 aliphatic rings. The van der Waals surface area contributed by atoms with E-state index in [9.17, 15) is 4.79 Å². The van der Waals surface area contributed by atoms with Crippen LogP contribution in [0.1, 0.15) is 17.8 Å². The fraction of sp³-hybridized carbons (Fsp3) is 0.750. The van der Waals surface area contributed by atoms with Gasteiger partial charge in [0.15, 0.2) is 6.10 Å². The number of aryl methyl sites for hydroxylation is 1.